The van der Waals surface area contributed by atoms with Gasteiger partial charge < -0.3 is 9.94 Å². The second kappa shape index (κ2) is 3.74. The summed E-state index contributed by atoms with van der Waals surface area (Å²) in [6.45, 7) is 1.69. The smallest absolute Gasteiger partial charge is 0.391 e. The molecule has 0 unspecified atom stereocenters. The zero-order valence-electron chi connectivity index (χ0n) is 7.41. The fraction of sp³-hybridized carbons (Fsp3) is 0.857. The third-order valence-corrected chi connectivity index (χ3v) is 1.98. The highest BCUT2D eigenvalue weighted by Crippen LogP contribution is 2.21. The Labute approximate surface area is 78.2 Å². The summed E-state index contributed by atoms with van der Waals surface area (Å²) in [5.74, 6) is -2.45. The number of rotatable bonds is 1. The standard InChI is InChI=1S/C7H10F3NO3/c1-4-2-11(3-5(4)12)14-6(13)7(8,9)10/h4-5,12H,2-3H2,1H3/t4-,5-/m1/s1. The van der Waals surface area contributed by atoms with Crippen molar-refractivity contribution in [2.45, 2.75) is 19.2 Å². The Morgan fingerprint density at radius 2 is 2.07 bits per heavy atom. The third kappa shape index (κ3) is 2.58. The number of halogens is 3. The van der Waals surface area contributed by atoms with Crippen LogP contribution in [0.15, 0.2) is 0 Å². The predicted octanol–water partition coefficient (Wildman–Crippen LogP) is 0.320. The number of aliphatic hydroxyl groups is 1. The van der Waals surface area contributed by atoms with Crippen LogP contribution in [0.3, 0.4) is 0 Å². The van der Waals surface area contributed by atoms with Crippen molar-refractivity contribution < 1.29 is 27.9 Å². The average Bonchev–Trinajstić information content (AvgIpc) is 2.29. The van der Waals surface area contributed by atoms with E-state index in [1.165, 1.54) is 0 Å². The average molecular weight is 213 g/mol. The monoisotopic (exact) mass is 213 g/mol. The molecule has 14 heavy (non-hydrogen) atoms. The van der Waals surface area contributed by atoms with Crippen LogP contribution in [0.5, 0.6) is 0 Å². The topological polar surface area (TPSA) is 49.8 Å². The molecule has 1 heterocycles. The Morgan fingerprint density at radius 1 is 1.50 bits per heavy atom. The summed E-state index contributed by atoms with van der Waals surface area (Å²) in [5.41, 5.74) is 0. The molecule has 1 rings (SSSR count). The van der Waals surface area contributed by atoms with Gasteiger partial charge in [-0.1, -0.05) is 6.92 Å². The number of carbonyl (C=O) groups is 1. The fourth-order valence-electron chi connectivity index (χ4n) is 1.15. The summed E-state index contributed by atoms with van der Waals surface area (Å²) in [4.78, 5) is 14.4. The number of hydroxylamine groups is 2. The van der Waals surface area contributed by atoms with Crippen molar-refractivity contribution in [3.63, 3.8) is 0 Å². The molecule has 7 heteroatoms. The minimum absolute atomic E-state index is 0.0804. The number of alkyl halides is 3. The molecule has 0 aromatic rings. The van der Waals surface area contributed by atoms with Crippen LogP contribution in [-0.4, -0.2) is 41.5 Å². The van der Waals surface area contributed by atoms with Crippen molar-refractivity contribution >= 4 is 5.97 Å². The van der Waals surface area contributed by atoms with Crippen molar-refractivity contribution in [3.8, 4) is 0 Å². The predicted molar refractivity (Wildman–Crippen MR) is 38.9 cm³/mol. The van der Waals surface area contributed by atoms with Gasteiger partial charge in [0.05, 0.1) is 12.6 Å². The van der Waals surface area contributed by atoms with Gasteiger partial charge in [0, 0.05) is 6.54 Å². The number of hydrogen-bond acceptors (Lipinski definition) is 4. The molecule has 0 saturated carbocycles. The highest BCUT2D eigenvalue weighted by Gasteiger charge is 2.44. The number of nitrogens with zero attached hydrogens (tertiary/aromatic N) is 1. The van der Waals surface area contributed by atoms with E-state index >= 15 is 0 Å². The molecule has 82 valence electrons. The molecule has 0 amide bonds. The van der Waals surface area contributed by atoms with Gasteiger partial charge in [0.1, 0.15) is 0 Å². The van der Waals surface area contributed by atoms with E-state index in [0.29, 0.717) is 0 Å². The highest BCUT2D eigenvalue weighted by molar-refractivity contribution is 5.75. The summed E-state index contributed by atoms with van der Waals surface area (Å²) in [6, 6.07) is 0. The zero-order chi connectivity index (χ0) is 10.9. The van der Waals surface area contributed by atoms with Crippen molar-refractivity contribution in [1.82, 2.24) is 5.06 Å². The van der Waals surface area contributed by atoms with E-state index in [9.17, 15) is 18.0 Å². The second-order valence-corrected chi connectivity index (χ2v) is 3.27. The van der Waals surface area contributed by atoms with E-state index in [2.05, 4.69) is 4.84 Å². The van der Waals surface area contributed by atoms with Crippen molar-refractivity contribution in [3.05, 3.63) is 0 Å². The van der Waals surface area contributed by atoms with Gasteiger partial charge in [-0.25, -0.2) is 4.79 Å². The quantitative estimate of drug-likeness (QED) is 0.681. The Morgan fingerprint density at radius 3 is 2.43 bits per heavy atom. The lowest BCUT2D eigenvalue weighted by Gasteiger charge is -2.15. The lowest BCUT2D eigenvalue weighted by Crippen LogP contribution is -2.34. The molecule has 1 fully saturated rings. The molecule has 0 radical (unpaired) electrons. The Balaban J connectivity index is 2.44. The minimum Gasteiger partial charge on any atom is -0.391 e. The van der Waals surface area contributed by atoms with E-state index in [1.54, 1.807) is 6.92 Å². The second-order valence-electron chi connectivity index (χ2n) is 3.27. The molecule has 0 aromatic heterocycles. The van der Waals surface area contributed by atoms with Crippen LogP contribution >= 0.6 is 0 Å². The molecule has 4 nitrogen and oxygen atoms in total. The normalized spacial score (nSPS) is 29.2. The first-order valence-corrected chi connectivity index (χ1v) is 4.03. The van der Waals surface area contributed by atoms with Crippen molar-refractivity contribution in [2.24, 2.45) is 5.92 Å². The summed E-state index contributed by atoms with van der Waals surface area (Å²) in [5, 5.41) is 9.99. The zero-order valence-corrected chi connectivity index (χ0v) is 7.41. The molecule has 1 aliphatic heterocycles. The summed E-state index contributed by atoms with van der Waals surface area (Å²) in [7, 11) is 0. The number of aliphatic hydroxyl groups excluding tert-OH is 1. The Kier molecular flexibility index (Phi) is 3.01. The number of β-amino-alcohol motifs (C(OH)–C–C–N with tert-alkyl or cyclic N) is 1. The molecule has 0 bridgehead atoms. The van der Waals surface area contributed by atoms with Crippen LogP contribution in [-0.2, 0) is 9.63 Å². The van der Waals surface area contributed by atoms with Crippen molar-refractivity contribution in [2.75, 3.05) is 13.1 Å². The first-order chi connectivity index (χ1) is 6.30. The first-order valence-electron chi connectivity index (χ1n) is 4.03. The maximum atomic E-state index is 11.7. The summed E-state index contributed by atoms with van der Waals surface area (Å²) < 4.78 is 35.2. The SMILES string of the molecule is C[C@@H]1CN(OC(=O)C(F)(F)F)C[C@H]1O. The fourth-order valence-corrected chi connectivity index (χ4v) is 1.15. The van der Waals surface area contributed by atoms with E-state index in [0.717, 1.165) is 5.06 Å². The lowest BCUT2D eigenvalue weighted by atomic mass is 10.1. The minimum atomic E-state index is -4.99. The third-order valence-electron chi connectivity index (χ3n) is 1.98. The largest absolute Gasteiger partial charge is 0.492 e. The molecule has 0 spiro atoms. The molecular weight excluding hydrogens is 203 g/mol. The molecular formula is C7H10F3NO3. The van der Waals surface area contributed by atoms with Gasteiger partial charge >= 0.3 is 12.1 Å². The van der Waals surface area contributed by atoms with Crippen LogP contribution in [0.2, 0.25) is 0 Å². The molecule has 0 aliphatic carbocycles. The summed E-state index contributed by atoms with van der Waals surface area (Å²) in [6.07, 6.45) is -5.74. The van der Waals surface area contributed by atoms with Crippen LogP contribution in [0, 0.1) is 5.92 Å². The molecule has 1 aliphatic rings. The van der Waals surface area contributed by atoms with E-state index < -0.39 is 18.2 Å². The van der Waals surface area contributed by atoms with E-state index in [4.69, 9.17) is 5.11 Å². The van der Waals surface area contributed by atoms with Crippen LogP contribution in [0.4, 0.5) is 13.2 Å². The van der Waals surface area contributed by atoms with E-state index in [1.807, 2.05) is 0 Å². The Hall–Kier alpha value is -0.820. The number of carbonyl (C=O) groups excluding carboxylic acids is 1. The van der Waals surface area contributed by atoms with Crippen LogP contribution < -0.4 is 0 Å². The van der Waals surface area contributed by atoms with Crippen molar-refractivity contribution in [1.29, 1.82) is 0 Å². The van der Waals surface area contributed by atoms with Crippen LogP contribution in [0.25, 0.3) is 0 Å². The highest BCUT2D eigenvalue weighted by atomic mass is 19.4. The van der Waals surface area contributed by atoms with Gasteiger partial charge in [-0.3, -0.25) is 0 Å². The molecule has 2 atom stereocenters. The maximum Gasteiger partial charge on any atom is 0.492 e. The van der Waals surface area contributed by atoms with Gasteiger partial charge in [-0.05, 0) is 5.92 Å². The lowest BCUT2D eigenvalue weighted by molar-refractivity contribution is -0.236. The molecule has 1 N–H and O–H groups in total. The summed E-state index contributed by atoms with van der Waals surface area (Å²) >= 11 is 0. The van der Waals surface area contributed by atoms with Gasteiger partial charge in [-0.2, -0.15) is 13.2 Å². The molecule has 0 aromatic carbocycles. The van der Waals surface area contributed by atoms with Gasteiger partial charge in [0.2, 0.25) is 0 Å². The Bertz CT molecular complexity index is 221. The maximum absolute atomic E-state index is 11.7. The van der Waals surface area contributed by atoms with E-state index in [-0.39, 0.29) is 19.0 Å². The van der Waals surface area contributed by atoms with Gasteiger partial charge in [0.15, 0.2) is 0 Å². The van der Waals surface area contributed by atoms with Crippen LogP contribution in [0.1, 0.15) is 6.92 Å². The van der Waals surface area contributed by atoms with Gasteiger partial charge in [0.25, 0.3) is 0 Å². The first kappa shape index (κ1) is 11.3. The van der Waals surface area contributed by atoms with Gasteiger partial charge in [-0.15, -0.1) is 5.06 Å². The number of hydrogen-bond donors (Lipinski definition) is 1. The molecule has 1 saturated heterocycles.